The maximum Gasteiger partial charge on any atom is 0.106 e. The Kier molecular flexibility index (Phi) is 3.80. The van der Waals surface area contributed by atoms with Crippen LogP contribution in [0.5, 0.6) is 0 Å². The van der Waals surface area contributed by atoms with Gasteiger partial charge in [-0.2, -0.15) is 11.8 Å². The highest BCUT2D eigenvalue weighted by Crippen LogP contribution is 2.12. The molecule has 0 bridgehead atoms. The lowest BCUT2D eigenvalue weighted by atomic mass is 10.2. The Morgan fingerprint density at radius 3 is 3.18 bits per heavy atom. The van der Waals surface area contributed by atoms with E-state index in [0.29, 0.717) is 5.76 Å². The summed E-state index contributed by atoms with van der Waals surface area (Å²) in [6.45, 7) is 1.04. The number of aliphatic hydroxyl groups excluding tert-OH is 1. The average molecular weight is 173 g/mol. The van der Waals surface area contributed by atoms with Crippen molar-refractivity contribution in [2.24, 2.45) is 0 Å². The second-order valence-corrected chi connectivity index (χ2v) is 3.64. The molecular weight excluding hydrogens is 158 g/mol. The van der Waals surface area contributed by atoms with Crippen molar-refractivity contribution in [3.63, 3.8) is 0 Å². The van der Waals surface area contributed by atoms with E-state index in [9.17, 15) is 5.11 Å². The van der Waals surface area contributed by atoms with Crippen molar-refractivity contribution in [2.75, 3.05) is 18.6 Å². The zero-order chi connectivity index (χ0) is 8.10. The number of hydrogen-bond acceptors (Lipinski definition) is 3. The summed E-state index contributed by atoms with van der Waals surface area (Å²) in [6, 6.07) is 0.238. The largest absolute Gasteiger partial charge is 0.511 e. The minimum Gasteiger partial charge on any atom is -0.511 e. The van der Waals surface area contributed by atoms with Crippen LogP contribution in [0.1, 0.15) is 12.8 Å². The van der Waals surface area contributed by atoms with Crippen LogP contribution in [0.4, 0.5) is 0 Å². The van der Waals surface area contributed by atoms with Crippen LogP contribution in [0.15, 0.2) is 11.8 Å². The third-order valence-electron chi connectivity index (χ3n) is 1.88. The molecule has 1 aliphatic heterocycles. The lowest BCUT2D eigenvalue weighted by molar-refractivity contribution is 0.354. The molecular formula is C8H15NOS. The van der Waals surface area contributed by atoms with Gasteiger partial charge in [0.25, 0.3) is 0 Å². The SMILES string of the molecule is CSCC=C(O)[C@@H]1CCCN1. The normalized spacial score (nSPS) is 25.9. The topological polar surface area (TPSA) is 32.3 Å². The Morgan fingerprint density at radius 2 is 2.64 bits per heavy atom. The summed E-state index contributed by atoms with van der Waals surface area (Å²) in [7, 11) is 0. The number of thioether (sulfide) groups is 1. The van der Waals surface area contributed by atoms with E-state index in [0.717, 1.165) is 18.7 Å². The second-order valence-electron chi connectivity index (χ2n) is 2.73. The molecule has 0 saturated carbocycles. The van der Waals surface area contributed by atoms with E-state index >= 15 is 0 Å². The minimum absolute atomic E-state index is 0.238. The molecule has 2 nitrogen and oxygen atoms in total. The van der Waals surface area contributed by atoms with Gasteiger partial charge in [-0.3, -0.25) is 0 Å². The molecule has 0 aliphatic carbocycles. The van der Waals surface area contributed by atoms with Crippen LogP contribution in [0.2, 0.25) is 0 Å². The van der Waals surface area contributed by atoms with Gasteiger partial charge in [0.15, 0.2) is 0 Å². The predicted molar refractivity (Wildman–Crippen MR) is 50.1 cm³/mol. The monoisotopic (exact) mass is 173 g/mol. The molecule has 1 aliphatic rings. The number of aliphatic hydroxyl groups is 1. The molecule has 0 spiro atoms. The maximum atomic E-state index is 9.47. The molecule has 64 valence electrons. The highest BCUT2D eigenvalue weighted by molar-refractivity contribution is 7.98. The molecule has 2 N–H and O–H groups in total. The molecule has 0 aromatic rings. The molecule has 3 heteroatoms. The lowest BCUT2D eigenvalue weighted by Crippen LogP contribution is -2.23. The molecule has 0 aromatic heterocycles. The van der Waals surface area contributed by atoms with Crippen LogP contribution in [0.25, 0.3) is 0 Å². The first-order valence-electron chi connectivity index (χ1n) is 3.96. The summed E-state index contributed by atoms with van der Waals surface area (Å²) < 4.78 is 0. The van der Waals surface area contributed by atoms with Crippen LogP contribution in [-0.4, -0.2) is 29.7 Å². The quantitative estimate of drug-likeness (QED) is 0.635. The Hall–Kier alpha value is -0.150. The average Bonchev–Trinajstić information content (AvgIpc) is 2.52. The molecule has 1 saturated heterocycles. The molecule has 0 aromatic carbocycles. The van der Waals surface area contributed by atoms with Crippen molar-refractivity contribution in [2.45, 2.75) is 18.9 Å². The Labute approximate surface area is 72.1 Å². The third kappa shape index (κ3) is 2.75. The molecule has 0 amide bonds. The standard InChI is InChI=1S/C8H15NOS/c1-11-6-4-8(10)7-3-2-5-9-7/h4,7,9-10H,2-3,5-6H2,1H3/t7-/m0/s1. The molecule has 1 atom stereocenters. The van der Waals surface area contributed by atoms with Gasteiger partial charge in [0, 0.05) is 5.75 Å². The van der Waals surface area contributed by atoms with E-state index in [1.54, 1.807) is 11.8 Å². The van der Waals surface area contributed by atoms with Crippen molar-refractivity contribution in [1.29, 1.82) is 0 Å². The fourth-order valence-electron chi connectivity index (χ4n) is 1.25. The minimum atomic E-state index is 0.238. The molecule has 0 unspecified atom stereocenters. The van der Waals surface area contributed by atoms with E-state index in [1.807, 2.05) is 12.3 Å². The van der Waals surface area contributed by atoms with E-state index in [1.165, 1.54) is 6.42 Å². The number of nitrogens with one attached hydrogen (secondary N) is 1. The van der Waals surface area contributed by atoms with Crippen LogP contribution in [0.3, 0.4) is 0 Å². The Bertz CT molecular complexity index is 141. The van der Waals surface area contributed by atoms with E-state index in [4.69, 9.17) is 0 Å². The van der Waals surface area contributed by atoms with Crippen molar-refractivity contribution in [3.8, 4) is 0 Å². The first kappa shape index (κ1) is 8.94. The van der Waals surface area contributed by atoms with Gasteiger partial charge >= 0.3 is 0 Å². The highest BCUT2D eigenvalue weighted by atomic mass is 32.2. The first-order valence-corrected chi connectivity index (χ1v) is 5.35. The molecule has 0 radical (unpaired) electrons. The first-order chi connectivity index (χ1) is 5.34. The summed E-state index contributed by atoms with van der Waals surface area (Å²) in [4.78, 5) is 0. The fourth-order valence-corrected chi connectivity index (χ4v) is 1.59. The van der Waals surface area contributed by atoms with E-state index in [-0.39, 0.29) is 6.04 Å². The van der Waals surface area contributed by atoms with Crippen molar-refractivity contribution < 1.29 is 5.11 Å². The van der Waals surface area contributed by atoms with Crippen molar-refractivity contribution in [3.05, 3.63) is 11.8 Å². The van der Waals surface area contributed by atoms with Crippen molar-refractivity contribution >= 4 is 11.8 Å². The third-order valence-corrected chi connectivity index (χ3v) is 2.38. The lowest BCUT2D eigenvalue weighted by Gasteiger charge is -2.07. The van der Waals surface area contributed by atoms with E-state index in [2.05, 4.69) is 5.32 Å². The van der Waals surface area contributed by atoms with Gasteiger partial charge in [0.1, 0.15) is 5.76 Å². The summed E-state index contributed by atoms with van der Waals surface area (Å²) in [5.41, 5.74) is 0. The molecule has 11 heavy (non-hydrogen) atoms. The molecule has 1 rings (SSSR count). The van der Waals surface area contributed by atoms with Crippen LogP contribution >= 0.6 is 11.8 Å². The zero-order valence-corrected chi connectivity index (χ0v) is 7.66. The van der Waals surface area contributed by atoms with E-state index < -0.39 is 0 Å². The van der Waals surface area contributed by atoms with Gasteiger partial charge < -0.3 is 10.4 Å². The summed E-state index contributed by atoms with van der Waals surface area (Å²) in [5.74, 6) is 1.43. The Balaban J connectivity index is 2.32. The van der Waals surface area contributed by atoms with Crippen LogP contribution in [0, 0.1) is 0 Å². The fraction of sp³-hybridized carbons (Fsp3) is 0.750. The number of hydrogen-bond donors (Lipinski definition) is 2. The smallest absolute Gasteiger partial charge is 0.106 e. The van der Waals surface area contributed by atoms with Gasteiger partial charge in [0.2, 0.25) is 0 Å². The van der Waals surface area contributed by atoms with Gasteiger partial charge in [-0.05, 0) is 31.7 Å². The predicted octanol–water partition coefficient (Wildman–Crippen LogP) is 1.54. The van der Waals surface area contributed by atoms with Crippen molar-refractivity contribution in [1.82, 2.24) is 5.32 Å². The molecule has 1 fully saturated rings. The van der Waals surface area contributed by atoms with Gasteiger partial charge in [-0.25, -0.2) is 0 Å². The van der Waals surface area contributed by atoms with Gasteiger partial charge in [0.05, 0.1) is 6.04 Å². The molecule has 1 heterocycles. The van der Waals surface area contributed by atoms with Gasteiger partial charge in [-0.1, -0.05) is 0 Å². The Morgan fingerprint density at radius 1 is 1.82 bits per heavy atom. The maximum absolute atomic E-state index is 9.47. The second kappa shape index (κ2) is 4.67. The summed E-state index contributed by atoms with van der Waals surface area (Å²) >= 11 is 1.72. The van der Waals surface area contributed by atoms with Crippen LogP contribution < -0.4 is 5.32 Å². The van der Waals surface area contributed by atoms with Gasteiger partial charge in [-0.15, -0.1) is 0 Å². The zero-order valence-electron chi connectivity index (χ0n) is 6.84. The highest BCUT2D eigenvalue weighted by Gasteiger charge is 2.16. The number of rotatable bonds is 3. The van der Waals surface area contributed by atoms with Crippen LogP contribution in [-0.2, 0) is 0 Å². The summed E-state index contributed by atoms with van der Waals surface area (Å²) in [6.07, 6.45) is 6.19. The summed E-state index contributed by atoms with van der Waals surface area (Å²) in [5, 5.41) is 12.7.